The number of ether oxygens (including phenoxy) is 1. The summed E-state index contributed by atoms with van der Waals surface area (Å²) in [6, 6.07) is 0. The predicted octanol–water partition coefficient (Wildman–Crippen LogP) is -1.25. The van der Waals surface area contributed by atoms with Gasteiger partial charge >= 0.3 is 5.69 Å². The highest BCUT2D eigenvalue weighted by atomic mass is 16.7. The van der Waals surface area contributed by atoms with Crippen LogP contribution in [0.15, 0.2) is 15.8 Å². The van der Waals surface area contributed by atoms with Gasteiger partial charge in [0.05, 0.1) is 25.3 Å². The van der Waals surface area contributed by atoms with E-state index in [4.69, 9.17) is 9.57 Å². The average molecular weight is 243 g/mol. The first kappa shape index (κ1) is 13.6. The Labute approximate surface area is 98.5 Å². The SMILES string of the molecule is COCCONCc1cn(C)c(=O)n(C)c1=O. The van der Waals surface area contributed by atoms with Crippen molar-refractivity contribution in [2.75, 3.05) is 20.3 Å². The second-order valence-electron chi connectivity index (χ2n) is 3.57. The molecule has 0 aliphatic rings. The Morgan fingerprint density at radius 1 is 1.29 bits per heavy atom. The number of nitrogens with one attached hydrogen (secondary N) is 1. The Kier molecular flexibility index (Phi) is 5.08. The van der Waals surface area contributed by atoms with Crippen molar-refractivity contribution in [3.63, 3.8) is 0 Å². The van der Waals surface area contributed by atoms with Gasteiger partial charge in [-0.3, -0.25) is 14.2 Å². The molecule has 1 N–H and O–H groups in total. The minimum absolute atomic E-state index is 0.241. The largest absolute Gasteiger partial charge is 0.382 e. The molecule has 1 heterocycles. The van der Waals surface area contributed by atoms with E-state index in [9.17, 15) is 9.59 Å². The van der Waals surface area contributed by atoms with Crippen molar-refractivity contribution in [2.24, 2.45) is 14.1 Å². The summed E-state index contributed by atoms with van der Waals surface area (Å²) in [7, 11) is 4.61. The van der Waals surface area contributed by atoms with Crippen molar-refractivity contribution < 1.29 is 9.57 Å². The molecule has 7 heteroatoms. The van der Waals surface area contributed by atoms with Crippen LogP contribution < -0.4 is 16.7 Å². The third kappa shape index (κ3) is 3.52. The third-order valence-corrected chi connectivity index (χ3v) is 2.27. The summed E-state index contributed by atoms with van der Waals surface area (Å²) >= 11 is 0. The lowest BCUT2D eigenvalue weighted by atomic mass is 10.3. The molecule has 0 atom stereocenters. The van der Waals surface area contributed by atoms with Crippen molar-refractivity contribution >= 4 is 0 Å². The lowest BCUT2D eigenvalue weighted by molar-refractivity contribution is 0.00318. The van der Waals surface area contributed by atoms with Crippen LogP contribution in [0.25, 0.3) is 0 Å². The zero-order valence-electron chi connectivity index (χ0n) is 10.2. The van der Waals surface area contributed by atoms with Crippen molar-refractivity contribution in [1.29, 1.82) is 0 Å². The van der Waals surface area contributed by atoms with Gasteiger partial charge in [-0.05, 0) is 0 Å². The Hall–Kier alpha value is -1.44. The van der Waals surface area contributed by atoms with E-state index in [1.807, 2.05) is 0 Å². The maximum atomic E-state index is 11.7. The minimum atomic E-state index is -0.348. The van der Waals surface area contributed by atoms with Gasteiger partial charge in [0.2, 0.25) is 0 Å². The van der Waals surface area contributed by atoms with Gasteiger partial charge in [0.1, 0.15) is 0 Å². The Morgan fingerprint density at radius 2 is 2.00 bits per heavy atom. The molecule has 7 nitrogen and oxygen atoms in total. The highest BCUT2D eigenvalue weighted by Gasteiger charge is 2.05. The molecular weight excluding hydrogens is 226 g/mol. The lowest BCUT2D eigenvalue weighted by Crippen LogP contribution is -2.39. The second-order valence-corrected chi connectivity index (χ2v) is 3.57. The maximum absolute atomic E-state index is 11.7. The molecule has 0 saturated heterocycles. The van der Waals surface area contributed by atoms with E-state index >= 15 is 0 Å². The Morgan fingerprint density at radius 3 is 2.65 bits per heavy atom. The number of aryl methyl sites for hydroxylation is 1. The van der Waals surface area contributed by atoms with Gasteiger partial charge in [-0.25, -0.2) is 4.79 Å². The van der Waals surface area contributed by atoms with E-state index in [0.717, 1.165) is 4.57 Å². The molecule has 0 amide bonds. The van der Waals surface area contributed by atoms with Crippen LogP contribution in [0, 0.1) is 0 Å². The van der Waals surface area contributed by atoms with Gasteiger partial charge in [0.25, 0.3) is 5.56 Å². The van der Waals surface area contributed by atoms with Gasteiger partial charge in [-0.15, -0.1) is 0 Å². The van der Waals surface area contributed by atoms with Crippen molar-refractivity contribution in [3.05, 3.63) is 32.6 Å². The first-order valence-corrected chi connectivity index (χ1v) is 5.17. The highest BCUT2D eigenvalue weighted by Crippen LogP contribution is 1.87. The molecule has 0 fully saturated rings. The molecule has 1 aromatic heterocycles. The van der Waals surface area contributed by atoms with Crippen LogP contribution in [0.5, 0.6) is 0 Å². The first-order chi connectivity index (χ1) is 8.07. The Bertz CT molecular complexity index is 477. The van der Waals surface area contributed by atoms with Crippen LogP contribution in [0.4, 0.5) is 0 Å². The van der Waals surface area contributed by atoms with Crippen LogP contribution in [-0.2, 0) is 30.2 Å². The summed E-state index contributed by atoms with van der Waals surface area (Å²) in [6.07, 6.45) is 1.50. The number of rotatable bonds is 6. The van der Waals surface area contributed by atoms with Crippen LogP contribution >= 0.6 is 0 Å². The molecule has 0 aromatic carbocycles. The molecule has 96 valence electrons. The smallest absolute Gasteiger partial charge is 0.330 e. The molecule has 0 unspecified atom stereocenters. The van der Waals surface area contributed by atoms with Gasteiger partial charge in [-0.1, -0.05) is 0 Å². The summed E-state index contributed by atoms with van der Waals surface area (Å²) in [5.41, 5.74) is 2.44. The number of hydroxylamine groups is 1. The summed E-state index contributed by atoms with van der Waals surface area (Å²) in [5, 5.41) is 0. The zero-order chi connectivity index (χ0) is 12.8. The van der Waals surface area contributed by atoms with E-state index < -0.39 is 0 Å². The molecule has 1 rings (SSSR count). The molecule has 0 aliphatic carbocycles. The van der Waals surface area contributed by atoms with Crippen LogP contribution in [-0.4, -0.2) is 29.5 Å². The van der Waals surface area contributed by atoms with Crippen molar-refractivity contribution in [3.8, 4) is 0 Å². The maximum Gasteiger partial charge on any atom is 0.330 e. The quantitative estimate of drug-likeness (QED) is 0.499. The van der Waals surface area contributed by atoms with E-state index in [1.54, 1.807) is 14.2 Å². The number of methoxy groups -OCH3 is 1. The number of nitrogens with zero attached hydrogens (tertiary/aromatic N) is 2. The molecule has 0 aliphatic heterocycles. The van der Waals surface area contributed by atoms with Gasteiger partial charge in [0.15, 0.2) is 0 Å². The fourth-order valence-corrected chi connectivity index (χ4v) is 1.33. The van der Waals surface area contributed by atoms with Crippen molar-refractivity contribution in [1.82, 2.24) is 14.6 Å². The summed E-state index contributed by atoms with van der Waals surface area (Å²) in [6.45, 7) is 1.10. The zero-order valence-corrected chi connectivity index (χ0v) is 10.2. The molecule has 0 saturated carbocycles. The predicted molar refractivity (Wildman–Crippen MR) is 61.6 cm³/mol. The molecular formula is C10H17N3O4. The first-order valence-electron chi connectivity index (χ1n) is 5.17. The normalized spacial score (nSPS) is 10.8. The summed E-state index contributed by atoms with van der Waals surface area (Å²) in [4.78, 5) is 28.1. The number of hydrogen-bond donors (Lipinski definition) is 1. The van der Waals surface area contributed by atoms with Gasteiger partial charge < -0.3 is 9.30 Å². The van der Waals surface area contributed by atoms with Crippen LogP contribution in [0.2, 0.25) is 0 Å². The highest BCUT2D eigenvalue weighted by molar-refractivity contribution is 5.04. The van der Waals surface area contributed by atoms with Gasteiger partial charge in [-0.2, -0.15) is 5.48 Å². The minimum Gasteiger partial charge on any atom is -0.382 e. The second kappa shape index (κ2) is 6.33. The average Bonchev–Trinajstić information content (AvgIpc) is 2.32. The molecule has 17 heavy (non-hydrogen) atoms. The fourth-order valence-electron chi connectivity index (χ4n) is 1.33. The number of hydrogen-bond acceptors (Lipinski definition) is 5. The number of aromatic nitrogens is 2. The monoisotopic (exact) mass is 243 g/mol. The van der Waals surface area contributed by atoms with Crippen molar-refractivity contribution in [2.45, 2.75) is 6.54 Å². The van der Waals surface area contributed by atoms with E-state index in [0.29, 0.717) is 18.8 Å². The van der Waals surface area contributed by atoms with Crippen LogP contribution in [0.1, 0.15) is 5.56 Å². The molecule has 0 radical (unpaired) electrons. The topological polar surface area (TPSA) is 74.5 Å². The summed E-state index contributed by atoms with van der Waals surface area (Å²) in [5.74, 6) is 0. The third-order valence-electron chi connectivity index (χ3n) is 2.27. The molecule has 0 bridgehead atoms. The van der Waals surface area contributed by atoms with E-state index in [1.165, 1.54) is 17.8 Å². The Balaban J connectivity index is 2.66. The van der Waals surface area contributed by atoms with E-state index in [2.05, 4.69) is 5.48 Å². The molecule has 1 aromatic rings. The van der Waals surface area contributed by atoms with E-state index in [-0.39, 0.29) is 17.8 Å². The fraction of sp³-hybridized carbons (Fsp3) is 0.600. The van der Waals surface area contributed by atoms with Crippen LogP contribution in [0.3, 0.4) is 0 Å². The molecule has 0 spiro atoms. The lowest BCUT2D eigenvalue weighted by Gasteiger charge is -2.08. The standard InChI is InChI=1S/C10H17N3O4/c1-12-7-8(6-11-17-5-4-16-3)9(14)13(2)10(12)15/h7,11H,4-6H2,1-3H3. The summed E-state index contributed by atoms with van der Waals surface area (Å²) < 4.78 is 7.21. The van der Waals surface area contributed by atoms with Gasteiger partial charge in [0, 0.05) is 27.4 Å².